The Kier molecular flexibility index (Phi) is 3.40. The van der Waals surface area contributed by atoms with Gasteiger partial charge in [0.15, 0.2) is 0 Å². The molecule has 1 N–H and O–H groups in total. The van der Waals surface area contributed by atoms with Crippen molar-refractivity contribution in [3.05, 3.63) is 54.1 Å². The van der Waals surface area contributed by atoms with Crippen LogP contribution in [0.3, 0.4) is 0 Å². The fourth-order valence-electron chi connectivity index (χ4n) is 1.41. The van der Waals surface area contributed by atoms with Crippen LogP contribution in [0.2, 0.25) is 0 Å². The molecule has 0 amide bonds. The molecular weight excluding hydrogens is 214 g/mol. The topological polar surface area (TPSA) is 41.8 Å². The smallest absolute Gasteiger partial charge is 0.119 e. The highest BCUT2D eigenvalue weighted by Gasteiger charge is 1.93. The summed E-state index contributed by atoms with van der Waals surface area (Å²) in [6.07, 6.45) is 1.76. The zero-order chi connectivity index (χ0) is 12.1. The maximum absolute atomic E-state index is 9.14. The molecule has 0 unspecified atom stereocenters. The summed E-state index contributed by atoms with van der Waals surface area (Å²) in [5, 5.41) is 9.14. The number of aromatic hydroxyl groups is 1. The van der Waals surface area contributed by atoms with Crippen molar-refractivity contribution in [2.75, 3.05) is 7.11 Å². The van der Waals surface area contributed by atoms with E-state index in [1.165, 1.54) is 0 Å². The molecular formula is C14H13NO2. The van der Waals surface area contributed by atoms with Gasteiger partial charge >= 0.3 is 0 Å². The number of hydrogen-bond acceptors (Lipinski definition) is 3. The number of aliphatic imine (C=N–C) groups is 1. The van der Waals surface area contributed by atoms with Crippen molar-refractivity contribution in [1.29, 1.82) is 0 Å². The molecule has 0 atom stereocenters. The van der Waals surface area contributed by atoms with Gasteiger partial charge < -0.3 is 9.84 Å². The van der Waals surface area contributed by atoms with Crippen molar-refractivity contribution < 1.29 is 9.84 Å². The van der Waals surface area contributed by atoms with Gasteiger partial charge in [0.1, 0.15) is 11.5 Å². The molecule has 86 valence electrons. The van der Waals surface area contributed by atoms with Crippen molar-refractivity contribution in [2.45, 2.75) is 0 Å². The number of hydrogen-bond donors (Lipinski definition) is 1. The van der Waals surface area contributed by atoms with Crippen molar-refractivity contribution in [3.8, 4) is 11.5 Å². The van der Waals surface area contributed by atoms with E-state index >= 15 is 0 Å². The van der Waals surface area contributed by atoms with Gasteiger partial charge in [-0.05, 0) is 42.0 Å². The van der Waals surface area contributed by atoms with Gasteiger partial charge in [0, 0.05) is 6.21 Å². The van der Waals surface area contributed by atoms with Gasteiger partial charge in [-0.25, -0.2) is 0 Å². The van der Waals surface area contributed by atoms with Gasteiger partial charge in [0.2, 0.25) is 0 Å². The first-order valence-electron chi connectivity index (χ1n) is 5.25. The van der Waals surface area contributed by atoms with E-state index in [0.717, 1.165) is 17.0 Å². The molecule has 0 aliphatic carbocycles. The highest BCUT2D eigenvalue weighted by atomic mass is 16.5. The molecule has 3 nitrogen and oxygen atoms in total. The van der Waals surface area contributed by atoms with Gasteiger partial charge in [-0.3, -0.25) is 4.99 Å². The summed E-state index contributed by atoms with van der Waals surface area (Å²) < 4.78 is 5.13. The fourth-order valence-corrected chi connectivity index (χ4v) is 1.41. The summed E-state index contributed by atoms with van der Waals surface area (Å²) in [7, 11) is 1.64. The van der Waals surface area contributed by atoms with Gasteiger partial charge in [0.25, 0.3) is 0 Å². The van der Waals surface area contributed by atoms with Crippen LogP contribution >= 0.6 is 0 Å². The number of nitrogens with zero attached hydrogens (tertiary/aromatic N) is 1. The van der Waals surface area contributed by atoms with E-state index < -0.39 is 0 Å². The first-order valence-corrected chi connectivity index (χ1v) is 5.25. The van der Waals surface area contributed by atoms with Gasteiger partial charge in [-0.15, -0.1) is 0 Å². The van der Waals surface area contributed by atoms with Crippen LogP contribution in [0.4, 0.5) is 5.69 Å². The van der Waals surface area contributed by atoms with Crippen LogP contribution in [0, 0.1) is 0 Å². The van der Waals surface area contributed by atoms with E-state index in [9.17, 15) is 0 Å². The minimum atomic E-state index is 0.241. The molecule has 0 saturated carbocycles. The van der Waals surface area contributed by atoms with E-state index in [1.807, 2.05) is 24.3 Å². The molecule has 0 aromatic heterocycles. The second-order valence-corrected chi connectivity index (χ2v) is 3.55. The molecule has 2 rings (SSSR count). The third kappa shape index (κ3) is 3.08. The van der Waals surface area contributed by atoms with E-state index in [1.54, 1.807) is 37.6 Å². The Balaban J connectivity index is 2.16. The number of ether oxygens (including phenoxy) is 1. The number of phenols is 1. The Labute approximate surface area is 100 Å². The van der Waals surface area contributed by atoms with Crippen LogP contribution in [0.25, 0.3) is 0 Å². The molecule has 0 heterocycles. The third-order valence-corrected chi connectivity index (χ3v) is 2.31. The van der Waals surface area contributed by atoms with Crippen LogP contribution in [0.5, 0.6) is 11.5 Å². The third-order valence-electron chi connectivity index (χ3n) is 2.31. The van der Waals surface area contributed by atoms with Crippen LogP contribution in [0.15, 0.2) is 53.5 Å². The molecule has 0 aliphatic rings. The molecule has 2 aromatic rings. The van der Waals surface area contributed by atoms with E-state index in [0.29, 0.717) is 0 Å². The molecule has 0 aliphatic heterocycles. The fraction of sp³-hybridized carbons (Fsp3) is 0.0714. The maximum atomic E-state index is 9.14. The van der Waals surface area contributed by atoms with Crippen LogP contribution in [-0.2, 0) is 0 Å². The lowest BCUT2D eigenvalue weighted by Crippen LogP contribution is -1.85. The first-order chi connectivity index (χ1) is 8.28. The molecule has 17 heavy (non-hydrogen) atoms. The normalized spacial score (nSPS) is 10.6. The first kappa shape index (κ1) is 11.2. The highest BCUT2D eigenvalue weighted by Crippen LogP contribution is 2.17. The Morgan fingerprint density at radius 1 is 1.12 bits per heavy atom. The number of rotatable bonds is 3. The molecule has 0 radical (unpaired) electrons. The van der Waals surface area contributed by atoms with Crippen molar-refractivity contribution in [3.63, 3.8) is 0 Å². The molecule has 2 aromatic carbocycles. The number of benzene rings is 2. The molecule has 0 saturated heterocycles. The summed E-state index contributed by atoms with van der Waals surface area (Å²) in [6, 6.07) is 14.4. The van der Waals surface area contributed by atoms with E-state index in [2.05, 4.69) is 4.99 Å². The van der Waals surface area contributed by atoms with E-state index in [4.69, 9.17) is 9.84 Å². The maximum Gasteiger partial charge on any atom is 0.119 e. The van der Waals surface area contributed by atoms with Crippen molar-refractivity contribution in [2.24, 2.45) is 4.99 Å². The zero-order valence-electron chi connectivity index (χ0n) is 9.50. The Morgan fingerprint density at radius 3 is 2.59 bits per heavy atom. The Morgan fingerprint density at radius 2 is 1.88 bits per heavy atom. The SMILES string of the molecule is COc1cccc(C=Nc2ccc(O)cc2)c1. The summed E-state index contributed by atoms with van der Waals surface area (Å²) in [5.41, 5.74) is 1.77. The van der Waals surface area contributed by atoms with Gasteiger partial charge in [-0.1, -0.05) is 12.1 Å². The molecule has 0 fully saturated rings. The van der Waals surface area contributed by atoms with Crippen LogP contribution in [0.1, 0.15) is 5.56 Å². The van der Waals surface area contributed by atoms with Gasteiger partial charge in [0.05, 0.1) is 12.8 Å². The predicted octanol–water partition coefficient (Wildman–Crippen LogP) is 3.15. The summed E-state index contributed by atoms with van der Waals surface area (Å²) >= 11 is 0. The Bertz CT molecular complexity index is 518. The summed E-state index contributed by atoms with van der Waals surface area (Å²) in [5.74, 6) is 1.05. The quantitative estimate of drug-likeness (QED) is 0.818. The van der Waals surface area contributed by atoms with Crippen LogP contribution in [-0.4, -0.2) is 18.4 Å². The predicted molar refractivity (Wildman–Crippen MR) is 68.4 cm³/mol. The second-order valence-electron chi connectivity index (χ2n) is 3.55. The van der Waals surface area contributed by atoms with Crippen LogP contribution < -0.4 is 4.74 Å². The second kappa shape index (κ2) is 5.16. The van der Waals surface area contributed by atoms with Crippen molar-refractivity contribution >= 4 is 11.9 Å². The largest absolute Gasteiger partial charge is 0.508 e. The highest BCUT2D eigenvalue weighted by molar-refractivity contribution is 5.82. The summed E-state index contributed by atoms with van der Waals surface area (Å²) in [6.45, 7) is 0. The molecule has 0 spiro atoms. The number of phenolic OH excluding ortho intramolecular Hbond substituents is 1. The zero-order valence-corrected chi connectivity index (χ0v) is 9.50. The molecule has 3 heteroatoms. The lowest BCUT2D eigenvalue weighted by atomic mass is 10.2. The van der Waals surface area contributed by atoms with Crippen molar-refractivity contribution in [1.82, 2.24) is 0 Å². The average Bonchev–Trinajstić information content (AvgIpc) is 2.38. The molecule has 0 bridgehead atoms. The summed E-state index contributed by atoms with van der Waals surface area (Å²) in [4.78, 5) is 4.30. The number of methoxy groups -OCH3 is 1. The van der Waals surface area contributed by atoms with E-state index in [-0.39, 0.29) is 5.75 Å². The standard InChI is InChI=1S/C14H13NO2/c1-17-14-4-2-3-11(9-14)10-15-12-5-7-13(16)8-6-12/h2-10,16H,1H3. The average molecular weight is 227 g/mol. The lowest BCUT2D eigenvalue weighted by molar-refractivity contribution is 0.415. The lowest BCUT2D eigenvalue weighted by Gasteiger charge is -1.99. The monoisotopic (exact) mass is 227 g/mol. The van der Waals surface area contributed by atoms with Gasteiger partial charge in [-0.2, -0.15) is 0 Å². The minimum Gasteiger partial charge on any atom is -0.508 e. The Hall–Kier alpha value is -2.29. The minimum absolute atomic E-state index is 0.241.